The Morgan fingerprint density at radius 2 is 2.60 bits per heavy atom. The molecular formula is C7H18N2O. The molecule has 1 rings (SSSR count). The first-order chi connectivity index (χ1) is 4.83. The van der Waals surface area contributed by atoms with E-state index in [4.69, 9.17) is 4.74 Å². The van der Waals surface area contributed by atoms with Crippen LogP contribution in [0.1, 0.15) is 1.43 Å². The lowest BCUT2D eigenvalue weighted by molar-refractivity contribution is -0.0172. The van der Waals surface area contributed by atoms with E-state index < -0.39 is 0 Å². The van der Waals surface area contributed by atoms with Crippen molar-refractivity contribution in [3.8, 4) is 0 Å². The van der Waals surface area contributed by atoms with Crippen molar-refractivity contribution < 1.29 is 6.16 Å². The minimum absolute atomic E-state index is 0. The number of hydrogen-bond acceptors (Lipinski definition) is 3. The topological polar surface area (TPSA) is 24.5 Å². The summed E-state index contributed by atoms with van der Waals surface area (Å²) in [6, 6.07) is 0. The average Bonchev–Trinajstić information content (AvgIpc) is 1.88. The third-order valence-corrected chi connectivity index (χ3v) is 1.77. The maximum atomic E-state index is 5.48. The lowest BCUT2D eigenvalue weighted by atomic mass is 10.3. The van der Waals surface area contributed by atoms with Gasteiger partial charge >= 0.3 is 0 Å². The van der Waals surface area contributed by atoms with E-state index in [1.165, 1.54) is 0 Å². The molecule has 0 amide bonds. The van der Waals surface area contributed by atoms with E-state index in [2.05, 4.69) is 17.3 Å². The lowest BCUT2D eigenvalue weighted by Gasteiger charge is -2.29. The van der Waals surface area contributed by atoms with Crippen molar-refractivity contribution in [2.75, 3.05) is 40.3 Å². The molecule has 1 fully saturated rings. The van der Waals surface area contributed by atoms with Crippen molar-refractivity contribution in [1.29, 1.82) is 0 Å². The van der Waals surface area contributed by atoms with E-state index in [1.807, 2.05) is 7.05 Å². The smallest absolute Gasteiger partial charge is 0.0826 e. The minimum Gasteiger partial charge on any atom is -0.374 e. The number of ether oxygens (including phenoxy) is 1. The fraction of sp³-hybridized carbons (Fsp3) is 1.00. The molecule has 0 aliphatic carbocycles. The van der Waals surface area contributed by atoms with Crippen LogP contribution in [-0.2, 0) is 4.74 Å². The molecule has 0 bridgehead atoms. The summed E-state index contributed by atoms with van der Waals surface area (Å²) in [6.45, 7) is 3.97. The standard InChI is InChI=1S/C7H16N2O.H2/c1-8-5-7-6-9(2)3-4-10-7;/h7-8H,3-6H2,1-2H3;1H. The summed E-state index contributed by atoms with van der Waals surface area (Å²) in [7, 11) is 4.09. The molecule has 0 radical (unpaired) electrons. The lowest BCUT2D eigenvalue weighted by Crippen LogP contribution is -2.44. The molecule has 0 spiro atoms. The van der Waals surface area contributed by atoms with Crippen molar-refractivity contribution in [3.05, 3.63) is 0 Å². The Bertz CT molecular complexity index is 100. The Balaban J connectivity index is 0.000001000. The van der Waals surface area contributed by atoms with E-state index >= 15 is 0 Å². The molecule has 1 atom stereocenters. The highest BCUT2D eigenvalue weighted by Gasteiger charge is 2.15. The number of hydrogen-bond donors (Lipinski definition) is 1. The molecule has 1 aliphatic rings. The normalized spacial score (nSPS) is 28.8. The van der Waals surface area contributed by atoms with E-state index in [0.29, 0.717) is 6.10 Å². The van der Waals surface area contributed by atoms with Crippen LogP contribution in [0, 0.1) is 0 Å². The summed E-state index contributed by atoms with van der Waals surface area (Å²) >= 11 is 0. The molecule has 1 saturated heterocycles. The third kappa shape index (κ3) is 2.25. The summed E-state index contributed by atoms with van der Waals surface area (Å²) in [5.74, 6) is 0. The summed E-state index contributed by atoms with van der Waals surface area (Å²) in [6.07, 6.45) is 0.392. The van der Waals surface area contributed by atoms with Gasteiger partial charge in [0, 0.05) is 21.1 Å². The van der Waals surface area contributed by atoms with Crippen LogP contribution in [0.25, 0.3) is 0 Å². The highest BCUT2D eigenvalue weighted by molar-refractivity contribution is 4.69. The van der Waals surface area contributed by atoms with Gasteiger partial charge in [-0.15, -0.1) is 0 Å². The van der Waals surface area contributed by atoms with Crippen LogP contribution in [0.4, 0.5) is 0 Å². The van der Waals surface area contributed by atoms with Crippen LogP contribution in [-0.4, -0.2) is 51.3 Å². The van der Waals surface area contributed by atoms with Crippen LogP contribution < -0.4 is 5.32 Å². The van der Waals surface area contributed by atoms with Crippen molar-refractivity contribution in [2.45, 2.75) is 6.10 Å². The molecule has 0 aromatic heterocycles. The SMILES string of the molecule is CNCC1CN(C)CCO1.[HH]. The monoisotopic (exact) mass is 146 g/mol. The van der Waals surface area contributed by atoms with Crippen molar-refractivity contribution >= 4 is 0 Å². The molecule has 1 N–H and O–H groups in total. The zero-order valence-electron chi connectivity index (χ0n) is 6.76. The second-order valence-corrected chi connectivity index (χ2v) is 2.81. The second kappa shape index (κ2) is 3.91. The summed E-state index contributed by atoms with van der Waals surface area (Å²) < 4.78 is 5.48. The number of likely N-dealkylation sites (N-methyl/N-ethyl adjacent to an activating group) is 2. The van der Waals surface area contributed by atoms with Crippen molar-refractivity contribution in [3.63, 3.8) is 0 Å². The van der Waals surface area contributed by atoms with Crippen LogP contribution in [0.15, 0.2) is 0 Å². The Morgan fingerprint density at radius 1 is 1.80 bits per heavy atom. The fourth-order valence-electron chi connectivity index (χ4n) is 1.22. The maximum Gasteiger partial charge on any atom is 0.0826 e. The molecule has 1 unspecified atom stereocenters. The highest BCUT2D eigenvalue weighted by Crippen LogP contribution is 2.00. The molecule has 0 aromatic rings. The van der Waals surface area contributed by atoms with Crippen LogP contribution in [0.2, 0.25) is 0 Å². The molecule has 0 aromatic carbocycles. The summed E-state index contributed by atoms with van der Waals surface area (Å²) in [4.78, 5) is 2.30. The first-order valence-electron chi connectivity index (χ1n) is 3.77. The van der Waals surface area contributed by atoms with E-state index in [-0.39, 0.29) is 1.43 Å². The fourth-order valence-corrected chi connectivity index (χ4v) is 1.22. The number of nitrogens with one attached hydrogen (secondary N) is 1. The number of morpholine rings is 1. The predicted molar refractivity (Wildman–Crippen MR) is 43.3 cm³/mol. The van der Waals surface area contributed by atoms with Gasteiger partial charge in [-0.05, 0) is 14.1 Å². The highest BCUT2D eigenvalue weighted by atomic mass is 16.5. The second-order valence-electron chi connectivity index (χ2n) is 2.81. The van der Waals surface area contributed by atoms with Gasteiger partial charge in [0.2, 0.25) is 0 Å². The van der Waals surface area contributed by atoms with E-state index in [1.54, 1.807) is 0 Å². The molecule has 10 heavy (non-hydrogen) atoms. The number of rotatable bonds is 2. The van der Waals surface area contributed by atoms with Gasteiger partial charge in [0.1, 0.15) is 0 Å². The van der Waals surface area contributed by atoms with Gasteiger partial charge in [0.25, 0.3) is 0 Å². The molecular weight excluding hydrogens is 128 g/mol. The zero-order valence-corrected chi connectivity index (χ0v) is 6.76. The van der Waals surface area contributed by atoms with Crippen LogP contribution in [0.3, 0.4) is 0 Å². The first kappa shape index (κ1) is 7.98. The van der Waals surface area contributed by atoms with Gasteiger partial charge in [0.15, 0.2) is 0 Å². The third-order valence-electron chi connectivity index (χ3n) is 1.77. The predicted octanol–water partition coefficient (Wildman–Crippen LogP) is -0.218. The molecule has 1 aliphatic heterocycles. The van der Waals surface area contributed by atoms with Gasteiger partial charge in [-0.3, -0.25) is 0 Å². The maximum absolute atomic E-state index is 5.48. The van der Waals surface area contributed by atoms with E-state index in [0.717, 1.165) is 26.2 Å². The molecule has 3 heteroatoms. The average molecular weight is 146 g/mol. The van der Waals surface area contributed by atoms with Crippen molar-refractivity contribution in [2.24, 2.45) is 0 Å². The van der Waals surface area contributed by atoms with Crippen molar-refractivity contribution in [1.82, 2.24) is 10.2 Å². The van der Waals surface area contributed by atoms with Gasteiger partial charge in [-0.2, -0.15) is 0 Å². The van der Waals surface area contributed by atoms with Gasteiger partial charge in [-0.25, -0.2) is 0 Å². The Hall–Kier alpha value is -0.120. The molecule has 62 valence electrons. The van der Waals surface area contributed by atoms with Gasteiger partial charge in [-0.1, -0.05) is 0 Å². The number of nitrogens with zero attached hydrogens (tertiary/aromatic N) is 1. The van der Waals surface area contributed by atoms with Crippen LogP contribution in [0.5, 0.6) is 0 Å². The molecule has 0 saturated carbocycles. The minimum atomic E-state index is 0. The first-order valence-corrected chi connectivity index (χ1v) is 3.77. The van der Waals surface area contributed by atoms with Gasteiger partial charge < -0.3 is 15.0 Å². The Labute approximate surface area is 63.8 Å². The van der Waals surface area contributed by atoms with Gasteiger partial charge in [0.05, 0.1) is 12.7 Å². The molecule has 3 nitrogen and oxygen atoms in total. The Morgan fingerprint density at radius 3 is 3.20 bits per heavy atom. The quantitative estimate of drug-likeness (QED) is 0.583. The summed E-state index contributed by atoms with van der Waals surface area (Å²) in [5, 5.41) is 3.11. The summed E-state index contributed by atoms with van der Waals surface area (Å²) in [5.41, 5.74) is 0. The Kier molecular flexibility index (Phi) is 3.12. The zero-order chi connectivity index (χ0) is 7.40. The molecule has 1 heterocycles. The largest absolute Gasteiger partial charge is 0.374 e. The van der Waals surface area contributed by atoms with E-state index in [9.17, 15) is 0 Å². The van der Waals surface area contributed by atoms with Crippen LogP contribution >= 0.6 is 0 Å².